The summed E-state index contributed by atoms with van der Waals surface area (Å²) in [7, 11) is 0. The maximum Gasteiger partial charge on any atom is 0.225 e. The number of morpholine rings is 1. The SMILES string of the molecule is O[C@]1(CNCc2cccc(CN3CCOCC3)c2)CCN(c2ncccn2)C1. The Labute approximate surface area is 166 Å². The molecule has 1 aromatic heterocycles. The summed E-state index contributed by atoms with van der Waals surface area (Å²) in [6.45, 7) is 7.25. The molecule has 2 saturated heterocycles. The number of nitrogens with one attached hydrogen (secondary N) is 1. The summed E-state index contributed by atoms with van der Waals surface area (Å²) in [5.41, 5.74) is 1.83. The standard InChI is InChI=1S/C21H29N5O2/c27-21(5-8-26(17-21)20-23-6-2-7-24-20)16-22-14-18-3-1-4-19(13-18)15-25-9-11-28-12-10-25/h1-4,6-7,13,22,27H,5,8-12,14-17H2/t21-/m0/s1. The number of ether oxygens (including phenoxy) is 1. The molecule has 150 valence electrons. The highest BCUT2D eigenvalue weighted by atomic mass is 16.5. The van der Waals surface area contributed by atoms with Crippen LogP contribution in [0.5, 0.6) is 0 Å². The van der Waals surface area contributed by atoms with Crippen molar-refractivity contribution in [2.45, 2.75) is 25.1 Å². The summed E-state index contributed by atoms with van der Waals surface area (Å²) < 4.78 is 5.42. The van der Waals surface area contributed by atoms with E-state index in [0.717, 1.165) is 52.4 Å². The Morgan fingerprint density at radius 1 is 1.07 bits per heavy atom. The Hall–Kier alpha value is -2.06. The molecule has 0 spiro atoms. The van der Waals surface area contributed by atoms with Gasteiger partial charge in [0, 0.05) is 51.7 Å². The minimum absolute atomic E-state index is 0.557. The summed E-state index contributed by atoms with van der Waals surface area (Å²) in [4.78, 5) is 13.0. The summed E-state index contributed by atoms with van der Waals surface area (Å²) in [6.07, 6.45) is 4.19. The van der Waals surface area contributed by atoms with E-state index in [1.165, 1.54) is 11.1 Å². The maximum atomic E-state index is 10.9. The summed E-state index contributed by atoms with van der Waals surface area (Å²) in [5.74, 6) is 0.689. The van der Waals surface area contributed by atoms with Crippen molar-refractivity contribution in [3.05, 3.63) is 53.9 Å². The van der Waals surface area contributed by atoms with Crippen molar-refractivity contribution in [1.82, 2.24) is 20.2 Å². The quantitative estimate of drug-likeness (QED) is 0.740. The van der Waals surface area contributed by atoms with E-state index >= 15 is 0 Å². The molecule has 2 aliphatic heterocycles. The van der Waals surface area contributed by atoms with Gasteiger partial charge in [-0.1, -0.05) is 24.3 Å². The topological polar surface area (TPSA) is 73.8 Å². The molecule has 0 amide bonds. The average molecular weight is 383 g/mol. The highest BCUT2D eigenvalue weighted by Gasteiger charge is 2.36. The van der Waals surface area contributed by atoms with Gasteiger partial charge in [-0.05, 0) is 23.6 Å². The van der Waals surface area contributed by atoms with Crippen LogP contribution in [0.4, 0.5) is 5.95 Å². The van der Waals surface area contributed by atoms with Crippen molar-refractivity contribution in [2.75, 3.05) is 50.8 Å². The minimum atomic E-state index is -0.745. The number of nitrogens with zero attached hydrogens (tertiary/aromatic N) is 4. The summed E-state index contributed by atoms with van der Waals surface area (Å²) >= 11 is 0. The second kappa shape index (κ2) is 8.96. The molecule has 1 atom stereocenters. The third-order valence-electron chi connectivity index (χ3n) is 5.45. The summed E-state index contributed by atoms with van der Waals surface area (Å²) in [6, 6.07) is 10.5. The molecule has 28 heavy (non-hydrogen) atoms. The molecular weight excluding hydrogens is 354 g/mol. The van der Waals surface area contributed by atoms with Crippen LogP contribution >= 0.6 is 0 Å². The zero-order valence-electron chi connectivity index (χ0n) is 16.3. The van der Waals surface area contributed by atoms with Crippen molar-refractivity contribution in [2.24, 2.45) is 0 Å². The highest BCUT2D eigenvalue weighted by Crippen LogP contribution is 2.23. The van der Waals surface area contributed by atoms with Crippen LogP contribution in [0.3, 0.4) is 0 Å². The number of rotatable bonds is 7. The molecule has 2 N–H and O–H groups in total. The van der Waals surface area contributed by atoms with Crippen LogP contribution in [0, 0.1) is 0 Å². The van der Waals surface area contributed by atoms with E-state index in [-0.39, 0.29) is 0 Å². The fraction of sp³-hybridized carbons (Fsp3) is 0.524. The molecule has 7 nitrogen and oxygen atoms in total. The van der Waals surface area contributed by atoms with E-state index in [4.69, 9.17) is 4.74 Å². The van der Waals surface area contributed by atoms with Crippen LogP contribution in [-0.2, 0) is 17.8 Å². The largest absolute Gasteiger partial charge is 0.387 e. The molecule has 0 saturated carbocycles. The van der Waals surface area contributed by atoms with Gasteiger partial charge in [0.15, 0.2) is 0 Å². The highest BCUT2D eigenvalue weighted by molar-refractivity contribution is 5.32. The van der Waals surface area contributed by atoms with Gasteiger partial charge in [0.05, 0.1) is 25.4 Å². The van der Waals surface area contributed by atoms with Gasteiger partial charge in [-0.2, -0.15) is 0 Å². The van der Waals surface area contributed by atoms with Crippen molar-refractivity contribution < 1.29 is 9.84 Å². The molecule has 0 unspecified atom stereocenters. The minimum Gasteiger partial charge on any atom is -0.387 e. The van der Waals surface area contributed by atoms with E-state index in [2.05, 4.69) is 44.5 Å². The van der Waals surface area contributed by atoms with E-state index in [1.54, 1.807) is 18.5 Å². The Balaban J connectivity index is 1.26. The molecule has 2 aliphatic rings. The molecule has 2 aromatic rings. The number of hydrogen-bond acceptors (Lipinski definition) is 7. The van der Waals surface area contributed by atoms with Gasteiger partial charge in [0.2, 0.25) is 5.95 Å². The molecule has 1 aromatic carbocycles. The third kappa shape index (κ3) is 5.05. The Morgan fingerprint density at radius 2 is 1.86 bits per heavy atom. The fourth-order valence-electron chi connectivity index (χ4n) is 3.92. The number of anilines is 1. The van der Waals surface area contributed by atoms with Crippen LogP contribution in [0.25, 0.3) is 0 Å². The van der Waals surface area contributed by atoms with Gasteiger partial charge in [0.25, 0.3) is 0 Å². The molecule has 7 heteroatoms. The van der Waals surface area contributed by atoms with E-state index in [1.807, 2.05) is 4.90 Å². The Bertz CT molecular complexity index is 753. The van der Waals surface area contributed by atoms with Crippen LogP contribution in [0.2, 0.25) is 0 Å². The molecule has 3 heterocycles. The van der Waals surface area contributed by atoms with Gasteiger partial charge in [0.1, 0.15) is 0 Å². The van der Waals surface area contributed by atoms with Gasteiger partial charge < -0.3 is 20.1 Å². The molecule has 0 bridgehead atoms. The second-order valence-electron chi connectivity index (χ2n) is 7.76. The number of aromatic nitrogens is 2. The average Bonchev–Trinajstić information content (AvgIpc) is 3.12. The number of benzene rings is 1. The third-order valence-corrected chi connectivity index (χ3v) is 5.45. The first kappa shape index (κ1) is 19.3. The van der Waals surface area contributed by atoms with Gasteiger partial charge in [-0.25, -0.2) is 9.97 Å². The Morgan fingerprint density at radius 3 is 2.68 bits per heavy atom. The predicted molar refractivity (Wildman–Crippen MR) is 108 cm³/mol. The van der Waals surface area contributed by atoms with E-state index < -0.39 is 5.60 Å². The van der Waals surface area contributed by atoms with Gasteiger partial charge >= 0.3 is 0 Å². The normalized spacial score (nSPS) is 23.2. The lowest BCUT2D eigenvalue weighted by molar-refractivity contribution is 0.0342. The first-order valence-corrected chi connectivity index (χ1v) is 10.0. The van der Waals surface area contributed by atoms with Crippen molar-refractivity contribution in [3.63, 3.8) is 0 Å². The van der Waals surface area contributed by atoms with Gasteiger partial charge in [-0.3, -0.25) is 4.90 Å². The Kier molecular flexibility index (Phi) is 6.17. The van der Waals surface area contributed by atoms with Crippen LogP contribution in [0.1, 0.15) is 17.5 Å². The lowest BCUT2D eigenvalue weighted by Gasteiger charge is -2.26. The first-order valence-electron chi connectivity index (χ1n) is 10.0. The fourth-order valence-corrected chi connectivity index (χ4v) is 3.92. The summed E-state index contributed by atoms with van der Waals surface area (Å²) in [5, 5.41) is 14.3. The molecule has 0 aliphatic carbocycles. The molecule has 4 rings (SSSR count). The molecule has 0 radical (unpaired) electrons. The zero-order chi connectivity index (χ0) is 19.2. The monoisotopic (exact) mass is 383 g/mol. The predicted octanol–water partition coefficient (Wildman–Crippen LogP) is 1.04. The van der Waals surface area contributed by atoms with Gasteiger partial charge in [-0.15, -0.1) is 0 Å². The number of aliphatic hydroxyl groups is 1. The first-order chi connectivity index (χ1) is 13.7. The van der Waals surface area contributed by atoms with Crippen molar-refractivity contribution in [3.8, 4) is 0 Å². The lowest BCUT2D eigenvalue weighted by atomic mass is 10.0. The number of β-amino-alcohol motifs (C(OH)–C–C–N with tert-alkyl or cyclic N) is 1. The van der Waals surface area contributed by atoms with Crippen LogP contribution < -0.4 is 10.2 Å². The maximum absolute atomic E-state index is 10.9. The smallest absolute Gasteiger partial charge is 0.225 e. The lowest BCUT2D eigenvalue weighted by Crippen LogP contribution is -2.43. The van der Waals surface area contributed by atoms with E-state index in [0.29, 0.717) is 19.0 Å². The van der Waals surface area contributed by atoms with Crippen molar-refractivity contribution >= 4 is 5.95 Å². The number of hydrogen-bond donors (Lipinski definition) is 2. The zero-order valence-corrected chi connectivity index (χ0v) is 16.3. The molecular formula is C21H29N5O2. The van der Waals surface area contributed by atoms with Crippen LogP contribution in [-0.4, -0.2) is 71.5 Å². The second-order valence-corrected chi connectivity index (χ2v) is 7.76. The van der Waals surface area contributed by atoms with Crippen LogP contribution in [0.15, 0.2) is 42.7 Å². The molecule has 2 fully saturated rings. The van der Waals surface area contributed by atoms with E-state index in [9.17, 15) is 5.11 Å². The van der Waals surface area contributed by atoms with Crippen molar-refractivity contribution in [1.29, 1.82) is 0 Å².